The maximum absolute atomic E-state index is 8.54. The molecule has 0 atom stereocenters. The molecule has 0 spiro atoms. The van der Waals surface area contributed by atoms with Crippen LogP contribution in [0.15, 0.2) is 0 Å². The van der Waals surface area contributed by atoms with Crippen LogP contribution in [0.25, 0.3) is 0 Å². The molecule has 0 aliphatic heterocycles. The molecule has 0 saturated carbocycles. The minimum absolute atomic E-state index is 0.104. The van der Waals surface area contributed by atoms with Gasteiger partial charge in [0.2, 0.25) is 0 Å². The summed E-state index contributed by atoms with van der Waals surface area (Å²) in [5.74, 6) is -0.533. The lowest BCUT2D eigenvalue weighted by atomic mass is 10.3. The number of hydrogen-bond acceptors (Lipinski definition) is 6. The first-order chi connectivity index (χ1) is 6.10. The average molecular weight is 193 g/mol. The van der Waals surface area contributed by atoms with E-state index in [1.165, 1.54) is 0 Å². The molecule has 0 saturated heterocycles. The second-order valence-electron chi connectivity index (χ2n) is 2.65. The summed E-state index contributed by atoms with van der Waals surface area (Å²) in [4.78, 5) is 0. The van der Waals surface area contributed by atoms with Crippen LogP contribution in [-0.2, 0) is 4.74 Å². The average Bonchev–Trinajstić information content (AvgIpc) is 2.13. The number of hydrogen-bond donors (Lipinski definition) is 5. The van der Waals surface area contributed by atoms with Crippen molar-refractivity contribution in [1.29, 1.82) is 0 Å². The van der Waals surface area contributed by atoms with Crippen molar-refractivity contribution in [3.05, 3.63) is 0 Å². The van der Waals surface area contributed by atoms with E-state index in [4.69, 9.17) is 14.9 Å². The second kappa shape index (κ2) is 6.25. The number of aliphatic hydroxyl groups excluding tert-OH is 1. The third-order valence-corrected chi connectivity index (χ3v) is 1.87. The van der Waals surface area contributed by atoms with Crippen molar-refractivity contribution >= 4 is 0 Å². The van der Waals surface area contributed by atoms with E-state index >= 15 is 0 Å². The van der Waals surface area contributed by atoms with Crippen LogP contribution < -0.4 is 16.0 Å². The molecule has 6 heteroatoms. The van der Waals surface area contributed by atoms with Crippen LogP contribution in [0.5, 0.6) is 0 Å². The number of likely N-dealkylation sites (N-methyl/N-ethyl adjacent to an activating group) is 3. The third kappa shape index (κ3) is 4.51. The van der Waals surface area contributed by atoms with E-state index in [1.807, 2.05) is 0 Å². The molecule has 0 aromatic heterocycles. The highest BCUT2D eigenvalue weighted by atomic mass is 16.5. The second-order valence-corrected chi connectivity index (χ2v) is 2.65. The van der Waals surface area contributed by atoms with Crippen LogP contribution >= 0.6 is 0 Å². The van der Waals surface area contributed by atoms with Crippen LogP contribution in [-0.4, -0.2) is 56.6 Å². The molecule has 0 heterocycles. The fourth-order valence-electron chi connectivity index (χ4n) is 0.909. The Morgan fingerprint density at radius 2 is 1.62 bits per heavy atom. The highest BCUT2D eigenvalue weighted by molar-refractivity contribution is 4.77. The number of nitrogens with one attached hydrogen (secondary N) is 3. The minimum atomic E-state index is -1.43. The van der Waals surface area contributed by atoms with Crippen molar-refractivity contribution in [1.82, 2.24) is 16.0 Å². The zero-order chi connectivity index (χ0) is 10.3. The Labute approximate surface area is 78.3 Å². The summed E-state index contributed by atoms with van der Waals surface area (Å²) in [6, 6.07) is 0. The van der Waals surface area contributed by atoms with Crippen molar-refractivity contribution in [3.8, 4) is 0 Å². The van der Waals surface area contributed by atoms with Crippen molar-refractivity contribution in [2.45, 2.75) is 12.1 Å². The van der Waals surface area contributed by atoms with Gasteiger partial charge < -0.3 is 14.9 Å². The normalized spacial score (nSPS) is 12.5. The molecule has 0 amide bonds. The predicted molar refractivity (Wildman–Crippen MR) is 49.0 cm³/mol. The molecule has 6 nitrogen and oxygen atoms in total. The standard InChI is InChI=1S/C7H19N3O3/c1-8-7(9-2,10-3)5-13-4-6(11)12/h6,8-12H,4-5H2,1-3H3. The van der Waals surface area contributed by atoms with E-state index in [9.17, 15) is 0 Å². The number of ether oxygens (including phenoxy) is 1. The van der Waals surface area contributed by atoms with Gasteiger partial charge in [-0.05, 0) is 21.1 Å². The largest absolute Gasteiger partial charge is 0.371 e. The molecule has 5 N–H and O–H groups in total. The van der Waals surface area contributed by atoms with Gasteiger partial charge in [0.1, 0.15) is 5.79 Å². The van der Waals surface area contributed by atoms with E-state index in [0.717, 1.165) is 0 Å². The monoisotopic (exact) mass is 193 g/mol. The predicted octanol–water partition coefficient (Wildman–Crippen LogP) is -2.37. The first-order valence-electron chi connectivity index (χ1n) is 4.11. The first kappa shape index (κ1) is 12.8. The molecule has 80 valence electrons. The summed E-state index contributed by atoms with van der Waals surface area (Å²) in [5, 5.41) is 26.0. The van der Waals surface area contributed by atoms with Crippen LogP contribution in [0.2, 0.25) is 0 Å². The third-order valence-electron chi connectivity index (χ3n) is 1.87. The Balaban J connectivity index is 3.81. The maximum Gasteiger partial charge on any atom is 0.175 e. The molecule has 0 aliphatic rings. The van der Waals surface area contributed by atoms with E-state index < -0.39 is 12.1 Å². The van der Waals surface area contributed by atoms with Crippen LogP contribution in [0.1, 0.15) is 0 Å². The van der Waals surface area contributed by atoms with Gasteiger partial charge in [0, 0.05) is 0 Å². The van der Waals surface area contributed by atoms with Crippen LogP contribution in [0.4, 0.5) is 0 Å². The first-order valence-corrected chi connectivity index (χ1v) is 4.11. The fourth-order valence-corrected chi connectivity index (χ4v) is 0.909. The molecule has 0 aliphatic carbocycles. The molecule has 13 heavy (non-hydrogen) atoms. The Hall–Kier alpha value is -0.240. The Bertz CT molecular complexity index is 120. The van der Waals surface area contributed by atoms with Crippen LogP contribution in [0.3, 0.4) is 0 Å². The molecule has 0 rings (SSSR count). The number of rotatable bonds is 7. The zero-order valence-electron chi connectivity index (χ0n) is 8.29. The minimum Gasteiger partial charge on any atom is -0.371 e. The SMILES string of the molecule is CNC(COCC(O)O)(NC)NC. The van der Waals surface area contributed by atoms with Gasteiger partial charge in [-0.25, -0.2) is 0 Å². The molecule has 0 fully saturated rings. The molecule has 0 bridgehead atoms. The van der Waals surface area contributed by atoms with Gasteiger partial charge >= 0.3 is 0 Å². The Morgan fingerprint density at radius 1 is 1.15 bits per heavy atom. The fraction of sp³-hybridized carbons (Fsp3) is 1.00. The molecule has 0 aromatic carbocycles. The lowest BCUT2D eigenvalue weighted by Crippen LogP contribution is -2.66. The Morgan fingerprint density at radius 3 is 1.92 bits per heavy atom. The lowest BCUT2D eigenvalue weighted by Gasteiger charge is -2.32. The van der Waals surface area contributed by atoms with Crippen LogP contribution in [0, 0.1) is 0 Å². The Kier molecular flexibility index (Phi) is 6.13. The molecule has 0 aromatic rings. The summed E-state index contributed by atoms with van der Waals surface area (Å²) in [6.07, 6.45) is -1.43. The molecule has 0 unspecified atom stereocenters. The smallest absolute Gasteiger partial charge is 0.175 e. The van der Waals surface area contributed by atoms with Gasteiger partial charge in [0.25, 0.3) is 0 Å². The van der Waals surface area contributed by atoms with Gasteiger partial charge in [0.05, 0.1) is 13.2 Å². The highest BCUT2D eigenvalue weighted by Gasteiger charge is 2.23. The molecule has 0 radical (unpaired) electrons. The van der Waals surface area contributed by atoms with Crippen molar-refractivity contribution in [3.63, 3.8) is 0 Å². The summed E-state index contributed by atoms with van der Waals surface area (Å²) >= 11 is 0. The van der Waals surface area contributed by atoms with Gasteiger partial charge in [-0.1, -0.05) is 0 Å². The van der Waals surface area contributed by atoms with Gasteiger partial charge in [-0.2, -0.15) is 0 Å². The van der Waals surface area contributed by atoms with Crippen molar-refractivity contribution < 1.29 is 14.9 Å². The summed E-state index contributed by atoms with van der Waals surface area (Å²) < 4.78 is 5.05. The van der Waals surface area contributed by atoms with E-state index in [-0.39, 0.29) is 13.2 Å². The topological polar surface area (TPSA) is 85.8 Å². The maximum atomic E-state index is 8.54. The number of aliphatic hydroxyl groups is 2. The van der Waals surface area contributed by atoms with Crippen molar-refractivity contribution in [2.75, 3.05) is 34.4 Å². The quantitative estimate of drug-likeness (QED) is 0.290. The molecular weight excluding hydrogens is 174 g/mol. The van der Waals surface area contributed by atoms with E-state index in [1.54, 1.807) is 21.1 Å². The highest BCUT2D eigenvalue weighted by Crippen LogP contribution is 1.94. The van der Waals surface area contributed by atoms with E-state index in [0.29, 0.717) is 0 Å². The van der Waals surface area contributed by atoms with Gasteiger partial charge in [0.15, 0.2) is 6.29 Å². The summed E-state index contributed by atoms with van der Waals surface area (Å²) in [5.41, 5.74) is 0. The lowest BCUT2D eigenvalue weighted by molar-refractivity contribution is -0.106. The van der Waals surface area contributed by atoms with Gasteiger partial charge in [-0.15, -0.1) is 0 Å². The van der Waals surface area contributed by atoms with Gasteiger partial charge in [-0.3, -0.25) is 16.0 Å². The summed E-state index contributed by atoms with van der Waals surface area (Å²) in [7, 11) is 5.31. The molecular formula is C7H19N3O3. The van der Waals surface area contributed by atoms with E-state index in [2.05, 4.69) is 16.0 Å². The zero-order valence-corrected chi connectivity index (χ0v) is 8.29. The summed E-state index contributed by atoms with van der Waals surface area (Å²) in [6.45, 7) is 0.181. The van der Waals surface area contributed by atoms with Crippen molar-refractivity contribution in [2.24, 2.45) is 0 Å².